The van der Waals surface area contributed by atoms with Crippen molar-refractivity contribution < 1.29 is 4.92 Å². The molecule has 0 aliphatic carbocycles. The van der Waals surface area contributed by atoms with Crippen molar-refractivity contribution in [2.45, 2.75) is 26.3 Å². The number of aromatic nitrogens is 4. The Morgan fingerprint density at radius 1 is 1.29 bits per heavy atom. The predicted molar refractivity (Wildman–Crippen MR) is 87.9 cm³/mol. The van der Waals surface area contributed by atoms with Crippen LogP contribution in [0.15, 0.2) is 21.7 Å². The van der Waals surface area contributed by atoms with E-state index in [0.29, 0.717) is 6.42 Å². The number of fused-ring (bicyclic) bond motifs is 2. The molecule has 3 rings (SSSR count). The van der Waals surface area contributed by atoms with Crippen LogP contribution >= 0.6 is 0 Å². The van der Waals surface area contributed by atoms with Crippen LogP contribution in [0, 0.1) is 10.1 Å². The molecule has 3 aromatic rings. The Morgan fingerprint density at radius 3 is 2.71 bits per heavy atom. The van der Waals surface area contributed by atoms with Gasteiger partial charge in [-0.25, -0.2) is 14.8 Å². The molecular formula is C14H14N6O4. The zero-order chi connectivity index (χ0) is 17.4. The fourth-order valence-corrected chi connectivity index (χ4v) is 2.46. The number of aromatic amines is 1. The normalized spacial score (nSPS) is 11.2. The van der Waals surface area contributed by atoms with E-state index < -0.39 is 21.9 Å². The first-order valence-corrected chi connectivity index (χ1v) is 7.31. The molecule has 0 aliphatic rings. The van der Waals surface area contributed by atoms with E-state index in [9.17, 15) is 19.7 Å². The summed E-state index contributed by atoms with van der Waals surface area (Å²) in [6.07, 6.45) is 1.48. The van der Waals surface area contributed by atoms with Crippen molar-refractivity contribution in [2.75, 3.05) is 5.73 Å². The standard InChI is InChI=1S/C14H14N6O4/c1-2-3-6-19-13(21)10-12(18-14(19)22)17-9-8(16-10)5-4-7(15)11(9)20(23)24/h4-5H,2-3,6,15H2,1H3,(H,17,18,22). The van der Waals surface area contributed by atoms with Crippen molar-refractivity contribution in [3.8, 4) is 0 Å². The summed E-state index contributed by atoms with van der Waals surface area (Å²) >= 11 is 0. The average Bonchev–Trinajstić information content (AvgIpc) is 2.53. The molecule has 2 heterocycles. The minimum absolute atomic E-state index is 0.0442. The molecule has 3 N–H and O–H groups in total. The molecule has 10 heteroatoms. The zero-order valence-electron chi connectivity index (χ0n) is 12.8. The fraction of sp³-hybridized carbons (Fsp3) is 0.286. The van der Waals surface area contributed by atoms with E-state index in [0.717, 1.165) is 11.0 Å². The first kappa shape index (κ1) is 15.6. The molecule has 0 fully saturated rings. The number of unbranched alkanes of at least 4 members (excludes halogenated alkanes) is 1. The van der Waals surface area contributed by atoms with E-state index in [1.165, 1.54) is 12.1 Å². The molecule has 0 saturated carbocycles. The Hall–Kier alpha value is -3.30. The number of nitrogen functional groups attached to an aromatic ring is 1. The van der Waals surface area contributed by atoms with Crippen LogP contribution in [0.4, 0.5) is 11.4 Å². The molecule has 0 aliphatic heterocycles. The molecule has 1 aromatic carbocycles. The SMILES string of the molecule is CCCCn1c(=O)[nH]c2nc3c([N+](=O)[O-])c(N)ccc3nc2c1=O. The van der Waals surface area contributed by atoms with Crippen LogP contribution in [0.25, 0.3) is 22.2 Å². The Bertz CT molecular complexity index is 1080. The van der Waals surface area contributed by atoms with Gasteiger partial charge >= 0.3 is 11.4 Å². The van der Waals surface area contributed by atoms with Crippen LogP contribution in [0.5, 0.6) is 0 Å². The molecule has 24 heavy (non-hydrogen) atoms. The largest absolute Gasteiger partial charge is 0.393 e. The topological polar surface area (TPSA) is 150 Å². The third-order valence-corrected chi connectivity index (χ3v) is 3.68. The lowest BCUT2D eigenvalue weighted by molar-refractivity contribution is -0.382. The number of benzene rings is 1. The van der Waals surface area contributed by atoms with Crippen LogP contribution in [0.2, 0.25) is 0 Å². The number of nitro benzene ring substituents is 1. The van der Waals surface area contributed by atoms with Gasteiger partial charge in [-0.1, -0.05) is 13.3 Å². The number of hydrogen-bond donors (Lipinski definition) is 2. The molecule has 0 atom stereocenters. The maximum atomic E-state index is 12.5. The lowest BCUT2D eigenvalue weighted by atomic mass is 10.2. The first-order valence-electron chi connectivity index (χ1n) is 7.31. The zero-order valence-corrected chi connectivity index (χ0v) is 12.8. The minimum Gasteiger partial charge on any atom is -0.393 e. The molecule has 2 aromatic heterocycles. The summed E-state index contributed by atoms with van der Waals surface area (Å²) in [5.74, 6) is 0. The quantitative estimate of drug-likeness (QED) is 0.312. The minimum atomic E-state index is -0.668. The summed E-state index contributed by atoms with van der Waals surface area (Å²) in [6.45, 7) is 2.21. The van der Waals surface area contributed by atoms with E-state index in [1.807, 2.05) is 6.92 Å². The van der Waals surface area contributed by atoms with Gasteiger partial charge < -0.3 is 5.73 Å². The first-order chi connectivity index (χ1) is 11.4. The number of nitrogens with zero attached hydrogens (tertiary/aromatic N) is 4. The molecule has 0 spiro atoms. The lowest BCUT2D eigenvalue weighted by Crippen LogP contribution is -2.35. The van der Waals surface area contributed by atoms with E-state index in [2.05, 4.69) is 15.0 Å². The van der Waals surface area contributed by atoms with Crippen molar-refractivity contribution in [3.63, 3.8) is 0 Å². The monoisotopic (exact) mass is 330 g/mol. The number of H-pyrrole nitrogens is 1. The number of rotatable bonds is 4. The molecule has 0 bridgehead atoms. The Kier molecular flexibility index (Phi) is 3.72. The van der Waals surface area contributed by atoms with Gasteiger partial charge in [0.25, 0.3) is 5.56 Å². The van der Waals surface area contributed by atoms with E-state index >= 15 is 0 Å². The van der Waals surface area contributed by atoms with Crippen LogP contribution in [0.1, 0.15) is 19.8 Å². The second-order valence-electron chi connectivity index (χ2n) is 5.29. The predicted octanol–water partition coefficient (Wildman–Crippen LogP) is 0.923. The molecule has 0 amide bonds. The molecular weight excluding hydrogens is 316 g/mol. The summed E-state index contributed by atoms with van der Waals surface area (Å²) < 4.78 is 1.05. The van der Waals surface area contributed by atoms with Crippen LogP contribution in [-0.2, 0) is 6.54 Å². The van der Waals surface area contributed by atoms with Gasteiger partial charge in [0.05, 0.1) is 10.4 Å². The second-order valence-corrected chi connectivity index (χ2v) is 5.29. The molecule has 0 radical (unpaired) electrons. The third-order valence-electron chi connectivity index (χ3n) is 3.68. The molecule has 0 saturated heterocycles. The van der Waals surface area contributed by atoms with Crippen molar-refractivity contribution >= 4 is 33.6 Å². The van der Waals surface area contributed by atoms with Gasteiger partial charge in [0.15, 0.2) is 16.7 Å². The Balaban J connectivity index is 2.39. The number of nitro groups is 1. The molecule has 0 unspecified atom stereocenters. The van der Waals surface area contributed by atoms with Crippen LogP contribution < -0.4 is 17.0 Å². The van der Waals surface area contributed by atoms with Gasteiger partial charge in [-0.15, -0.1) is 0 Å². The van der Waals surface area contributed by atoms with E-state index in [-0.39, 0.29) is 34.4 Å². The highest BCUT2D eigenvalue weighted by Gasteiger charge is 2.21. The summed E-state index contributed by atoms with van der Waals surface area (Å²) in [6, 6.07) is 2.79. The van der Waals surface area contributed by atoms with Gasteiger partial charge in [0.2, 0.25) is 0 Å². The highest BCUT2D eigenvalue weighted by molar-refractivity contribution is 5.94. The number of hydrogen-bond acceptors (Lipinski definition) is 7. The fourth-order valence-electron chi connectivity index (χ4n) is 2.46. The summed E-state index contributed by atoms with van der Waals surface area (Å²) in [5, 5.41) is 11.2. The average molecular weight is 330 g/mol. The second kappa shape index (κ2) is 5.72. The van der Waals surface area contributed by atoms with Crippen LogP contribution in [-0.4, -0.2) is 24.4 Å². The third kappa shape index (κ3) is 2.37. The van der Waals surface area contributed by atoms with Gasteiger partial charge in [0, 0.05) is 6.54 Å². The van der Waals surface area contributed by atoms with E-state index in [4.69, 9.17) is 5.73 Å². The summed E-state index contributed by atoms with van der Waals surface area (Å²) in [4.78, 5) is 45.7. The van der Waals surface area contributed by atoms with E-state index in [1.54, 1.807) is 0 Å². The molecule has 124 valence electrons. The Morgan fingerprint density at radius 2 is 2.04 bits per heavy atom. The van der Waals surface area contributed by atoms with Gasteiger partial charge in [-0.05, 0) is 18.6 Å². The van der Waals surface area contributed by atoms with Gasteiger partial charge in [-0.2, -0.15) is 0 Å². The number of anilines is 1. The highest BCUT2D eigenvalue weighted by Crippen LogP contribution is 2.29. The Labute approximate surface area is 134 Å². The highest BCUT2D eigenvalue weighted by atomic mass is 16.6. The number of nitrogens with two attached hydrogens (primary N) is 1. The van der Waals surface area contributed by atoms with Gasteiger partial charge in [0.1, 0.15) is 5.69 Å². The maximum absolute atomic E-state index is 12.5. The van der Waals surface area contributed by atoms with Crippen LogP contribution in [0.3, 0.4) is 0 Å². The van der Waals surface area contributed by atoms with Gasteiger partial charge in [-0.3, -0.25) is 24.5 Å². The van der Waals surface area contributed by atoms with Crippen molar-refractivity contribution in [2.24, 2.45) is 0 Å². The number of nitrogens with one attached hydrogen (secondary N) is 1. The summed E-state index contributed by atoms with van der Waals surface area (Å²) in [5.41, 5.74) is 3.90. The smallest absolute Gasteiger partial charge is 0.330 e. The maximum Gasteiger partial charge on any atom is 0.330 e. The summed E-state index contributed by atoms with van der Waals surface area (Å²) in [7, 11) is 0. The lowest BCUT2D eigenvalue weighted by Gasteiger charge is -2.06. The molecule has 10 nitrogen and oxygen atoms in total. The van der Waals surface area contributed by atoms with Crippen molar-refractivity contribution in [1.82, 2.24) is 19.5 Å². The van der Waals surface area contributed by atoms with Crippen molar-refractivity contribution in [1.29, 1.82) is 0 Å². The van der Waals surface area contributed by atoms with Crippen molar-refractivity contribution in [3.05, 3.63) is 43.1 Å².